The summed E-state index contributed by atoms with van der Waals surface area (Å²) in [6.07, 6.45) is 5.37. The van der Waals surface area contributed by atoms with E-state index >= 15 is 0 Å². The fraction of sp³-hybridized carbons (Fsp3) is 0.412. The van der Waals surface area contributed by atoms with E-state index in [0.717, 1.165) is 37.2 Å². The second-order valence-electron chi connectivity index (χ2n) is 5.70. The number of carbonyl (C=O) groups is 1. The Morgan fingerprint density at radius 2 is 2.27 bits per heavy atom. The highest BCUT2D eigenvalue weighted by Crippen LogP contribution is 2.27. The molecule has 0 N–H and O–H groups in total. The molecule has 1 aromatic heterocycles. The van der Waals surface area contributed by atoms with Crippen molar-refractivity contribution in [2.24, 2.45) is 5.92 Å². The zero-order valence-corrected chi connectivity index (χ0v) is 12.8. The predicted molar refractivity (Wildman–Crippen MR) is 83.6 cm³/mol. The molecule has 0 radical (unpaired) electrons. The lowest BCUT2D eigenvalue weighted by Crippen LogP contribution is -2.39. The number of aromatic nitrogens is 2. The van der Waals surface area contributed by atoms with Crippen LogP contribution in [0, 0.1) is 5.92 Å². The molecule has 2 heterocycles. The quantitative estimate of drug-likeness (QED) is 0.848. The van der Waals surface area contributed by atoms with Gasteiger partial charge < -0.3 is 9.64 Å². The molecule has 3 rings (SSSR count). The largest absolute Gasteiger partial charge is 0.492 e. The first kappa shape index (κ1) is 14.6. The van der Waals surface area contributed by atoms with E-state index < -0.39 is 0 Å². The second-order valence-corrected chi connectivity index (χ2v) is 5.70. The zero-order chi connectivity index (χ0) is 15.4. The summed E-state index contributed by atoms with van der Waals surface area (Å²) in [5.41, 5.74) is 1.12. The number of rotatable bonds is 5. The van der Waals surface area contributed by atoms with Gasteiger partial charge >= 0.3 is 0 Å². The maximum absolute atomic E-state index is 12.5. The van der Waals surface area contributed by atoms with Crippen LogP contribution in [0.2, 0.25) is 0 Å². The number of aryl methyl sites for hydroxylation is 1. The van der Waals surface area contributed by atoms with Crippen LogP contribution in [0.25, 0.3) is 0 Å². The fourth-order valence-electron chi connectivity index (χ4n) is 2.81. The topological polar surface area (TPSA) is 47.4 Å². The van der Waals surface area contributed by atoms with Crippen molar-refractivity contribution in [2.45, 2.75) is 19.4 Å². The SMILES string of the molecule is CN(CCCn1cccn1)C(=O)[C@@H]1COc2ccccc2C1. The van der Waals surface area contributed by atoms with E-state index in [1.807, 2.05) is 53.2 Å². The third-order valence-electron chi connectivity index (χ3n) is 4.04. The molecule has 1 aliphatic rings. The number of benzene rings is 1. The first-order valence-corrected chi connectivity index (χ1v) is 7.67. The molecule has 0 aliphatic carbocycles. The van der Waals surface area contributed by atoms with E-state index in [-0.39, 0.29) is 11.8 Å². The molecule has 0 bridgehead atoms. The summed E-state index contributed by atoms with van der Waals surface area (Å²) < 4.78 is 7.60. The van der Waals surface area contributed by atoms with E-state index in [9.17, 15) is 4.79 Å². The average molecular weight is 299 g/mol. The molecule has 0 spiro atoms. The molecule has 22 heavy (non-hydrogen) atoms. The van der Waals surface area contributed by atoms with Crippen molar-refractivity contribution in [2.75, 3.05) is 20.2 Å². The fourth-order valence-corrected chi connectivity index (χ4v) is 2.81. The van der Waals surface area contributed by atoms with Crippen molar-refractivity contribution in [3.8, 4) is 5.75 Å². The van der Waals surface area contributed by atoms with Gasteiger partial charge in [0.25, 0.3) is 0 Å². The molecular weight excluding hydrogens is 278 g/mol. The van der Waals surface area contributed by atoms with E-state index in [2.05, 4.69) is 5.10 Å². The molecule has 5 heteroatoms. The molecule has 1 amide bonds. The minimum absolute atomic E-state index is 0.0791. The molecule has 2 aromatic rings. The molecular formula is C17H21N3O2. The highest BCUT2D eigenvalue weighted by Gasteiger charge is 2.27. The smallest absolute Gasteiger partial charge is 0.229 e. The molecule has 0 unspecified atom stereocenters. The van der Waals surface area contributed by atoms with Crippen molar-refractivity contribution < 1.29 is 9.53 Å². The minimum atomic E-state index is -0.0791. The normalized spacial score (nSPS) is 16.7. The van der Waals surface area contributed by atoms with Gasteiger partial charge in [-0.1, -0.05) is 18.2 Å². The Bertz CT molecular complexity index is 625. The summed E-state index contributed by atoms with van der Waals surface area (Å²) in [6, 6.07) is 9.85. The van der Waals surface area contributed by atoms with E-state index in [1.54, 1.807) is 6.20 Å². The van der Waals surface area contributed by atoms with Gasteiger partial charge in [0.2, 0.25) is 5.91 Å². The Balaban J connectivity index is 1.51. The molecule has 5 nitrogen and oxygen atoms in total. The molecule has 1 aromatic carbocycles. The first-order chi connectivity index (χ1) is 10.7. The molecule has 1 aliphatic heterocycles. The Morgan fingerprint density at radius 1 is 1.41 bits per heavy atom. The van der Waals surface area contributed by atoms with Crippen molar-refractivity contribution >= 4 is 5.91 Å². The number of hydrogen-bond donors (Lipinski definition) is 0. The van der Waals surface area contributed by atoms with Crippen molar-refractivity contribution in [3.63, 3.8) is 0 Å². The van der Waals surface area contributed by atoms with Gasteiger partial charge in [-0.3, -0.25) is 9.48 Å². The summed E-state index contributed by atoms with van der Waals surface area (Å²) in [5.74, 6) is 0.993. The van der Waals surface area contributed by atoms with Crippen LogP contribution in [0.3, 0.4) is 0 Å². The molecule has 0 saturated carbocycles. The highest BCUT2D eigenvalue weighted by molar-refractivity contribution is 5.79. The number of ether oxygens (including phenoxy) is 1. The van der Waals surface area contributed by atoms with Gasteiger partial charge in [-0.2, -0.15) is 5.10 Å². The number of amides is 1. The van der Waals surface area contributed by atoms with Crippen LogP contribution >= 0.6 is 0 Å². The maximum Gasteiger partial charge on any atom is 0.229 e. The Hall–Kier alpha value is -2.30. The first-order valence-electron chi connectivity index (χ1n) is 7.67. The van der Waals surface area contributed by atoms with Gasteiger partial charge in [-0.05, 0) is 30.5 Å². The lowest BCUT2D eigenvalue weighted by atomic mass is 9.95. The lowest BCUT2D eigenvalue weighted by Gasteiger charge is -2.28. The van der Waals surface area contributed by atoms with Gasteiger partial charge in [0, 0.05) is 32.5 Å². The van der Waals surface area contributed by atoms with Crippen LogP contribution in [0.1, 0.15) is 12.0 Å². The number of carbonyl (C=O) groups excluding carboxylic acids is 1. The predicted octanol–water partition coefficient (Wildman–Crippen LogP) is 1.98. The van der Waals surface area contributed by atoms with Crippen LogP contribution in [0.4, 0.5) is 0 Å². The molecule has 116 valence electrons. The lowest BCUT2D eigenvalue weighted by molar-refractivity contribution is -0.135. The Labute approximate surface area is 130 Å². The summed E-state index contributed by atoms with van der Waals surface area (Å²) >= 11 is 0. The average Bonchev–Trinajstić information content (AvgIpc) is 3.07. The number of nitrogens with zero attached hydrogens (tertiary/aromatic N) is 3. The number of fused-ring (bicyclic) bond motifs is 1. The summed E-state index contributed by atoms with van der Waals surface area (Å²) in [7, 11) is 1.87. The van der Waals surface area contributed by atoms with Gasteiger partial charge in [0.1, 0.15) is 12.4 Å². The number of para-hydroxylation sites is 1. The van der Waals surface area contributed by atoms with Gasteiger partial charge in [-0.15, -0.1) is 0 Å². The van der Waals surface area contributed by atoms with Crippen LogP contribution in [-0.4, -0.2) is 40.8 Å². The minimum Gasteiger partial charge on any atom is -0.492 e. The van der Waals surface area contributed by atoms with Gasteiger partial charge in [0.05, 0.1) is 5.92 Å². The van der Waals surface area contributed by atoms with Gasteiger partial charge in [-0.25, -0.2) is 0 Å². The zero-order valence-electron chi connectivity index (χ0n) is 12.8. The van der Waals surface area contributed by atoms with Crippen molar-refractivity contribution in [1.29, 1.82) is 0 Å². The third kappa shape index (κ3) is 3.30. The maximum atomic E-state index is 12.5. The van der Waals surface area contributed by atoms with Crippen molar-refractivity contribution in [1.82, 2.24) is 14.7 Å². The van der Waals surface area contributed by atoms with Crippen LogP contribution in [0.15, 0.2) is 42.7 Å². The second kappa shape index (κ2) is 6.64. The molecule has 1 atom stereocenters. The summed E-state index contributed by atoms with van der Waals surface area (Å²) in [6.45, 7) is 2.03. The Kier molecular flexibility index (Phi) is 4.42. The van der Waals surface area contributed by atoms with Crippen molar-refractivity contribution in [3.05, 3.63) is 48.3 Å². The standard InChI is InChI=1S/C17H21N3O2/c1-19(9-5-11-20-10-4-8-18-20)17(21)15-12-14-6-2-3-7-16(14)22-13-15/h2-4,6-8,10,15H,5,9,11-13H2,1H3/t15-/m0/s1. The highest BCUT2D eigenvalue weighted by atomic mass is 16.5. The molecule has 0 saturated heterocycles. The number of hydrogen-bond acceptors (Lipinski definition) is 3. The van der Waals surface area contributed by atoms with E-state index in [0.29, 0.717) is 6.61 Å². The van der Waals surface area contributed by atoms with Crippen LogP contribution in [0.5, 0.6) is 5.75 Å². The van der Waals surface area contributed by atoms with Gasteiger partial charge in [0.15, 0.2) is 0 Å². The van der Waals surface area contributed by atoms with E-state index in [1.165, 1.54) is 0 Å². The molecule has 0 fully saturated rings. The summed E-state index contributed by atoms with van der Waals surface area (Å²) in [5, 5.41) is 4.17. The van der Waals surface area contributed by atoms with Crippen LogP contribution in [-0.2, 0) is 17.8 Å². The monoisotopic (exact) mass is 299 g/mol. The van der Waals surface area contributed by atoms with Crippen LogP contribution < -0.4 is 4.74 Å². The Morgan fingerprint density at radius 3 is 3.09 bits per heavy atom. The van der Waals surface area contributed by atoms with E-state index in [4.69, 9.17) is 4.74 Å². The summed E-state index contributed by atoms with van der Waals surface area (Å²) in [4.78, 5) is 14.3. The third-order valence-corrected chi connectivity index (χ3v) is 4.04.